The van der Waals surface area contributed by atoms with Crippen LogP contribution in [-0.2, 0) is 17.9 Å². The average Bonchev–Trinajstić information content (AvgIpc) is 2.91. The fourth-order valence-corrected chi connectivity index (χ4v) is 2.46. The molecular weight excluding hydrogens is 274 g/mol. The Morgan fingerprint density at radius 3 is 2.76 bits per heavy atom. The quantitative estimate of drug-likeness (QED) is 0.832. The highest BCUT2D eigenvalue weighted by atomic mass is 16.4. The molecule has 1 fully saturated rings. The molecule has 116 valence electrons. The molecule has 0 aromatic carbocycles. The number of aliphatic carboxylic acids is 1. The molecule has 8 heteroatoms. The lowest BCUT2D eigenvalue weighted by Gasteiger charge is -2.31. The summed E-state index contributed by atoms with van der Waals surface area (Å²) < 4.78 is 1.23. The second-order valence-corrected chi connectivity index (χ2v) is 5.30. The molecule has 0 spiro atoms. The van der Waals surface area contributed by atoms with Crippen LogP contribution in [0.1, 0.15) is 31.9 Å². The zero-order chi connectivity index (χ0) is 15.2. The molecule has 1 aliphatic rings. The number of rotatable bonds is 5. The number of piperidine rings is 1. The van der Waals surface area contributed by atoms with Gasteiger partial charge >= 0.3 is 12.0 Å². The molecule has 2 amide bonds. The van der Waals surface area contributed by atoms with Gasteiger partial charge in [-0.3, -0.25) is 4.79 Å². The van der Waals surface area contributed by atoms with Gasteiger partial charge in [-0.1, -0.05) is 18.6 Å². The highest BCUT2D eigenvalue weighted by Crippen LogP contribution is 2.19. The summed E-state index contributed by atoms with van der Waals surface area (Å²) in [6, 6.07) is -0.0997. The van der Waals surface area contributed by atoms with Crippen LogP contribution in [0.25, 0.3) is 0 Å². The van der Waals surface area contributed by atoms with Crippen LogP contribution in [0.4, 0.5) is 4.79 Å². The van der Waals surface area contributed by atoms with Gasteiger partial charge < -0.3 is 15.3 Å². The molecule has 2 N–H and O–H groups in total. The Bertz CT molecular complexity index is 494. The molecule has 0 bridgehead atoms. The number of aromatic nitrogens is 3. The summed E-state index contributed by atoms with van der Waals surface area (Å²) in [6.45, 7) is 3.78. The van der Waals surface area contributed by atoms with Gasteiger partial charge in [-0.15, -0.1) is 5.10 Å². The van der Waals surface area contributed by atoms with E-state index < -0.39 is 5.97 Å². The molecule has 0 atom stereocenters. The van der Waals surface area contributed by atoms with Crippen LogP contribution >= 0.6 is 0 Å². The molecule has 2 rings (SSSR count). The minimum atomic E-state index is -0.978. The third-order valence-electron chi connectivity index (χ3n) is 3.78. The van der Waals surface area contributed by atoms with Crippen molar-refractivity contribution in [3.05, 3.63) is 11.9 Å². The maximum atomic E-state index is 12.0. The monoisotopic (exact) mass is 295 g/mol. The number of amides is 2. The van der Waals surface area contributed by atoms with Gasteiger partial charge in [0.15, 0.2) is 0 Å². The molecule has 0 saturated carbocycles. The summed E-state index contributed by atoms with van der Waals surface area (Å²) in [4.78, 5) is 24.4. The minimum absolute atomic E-state index is 0.0997. The predicted octanol–water partition coefficient (Wildman–Crippen LogP) is 0.694. The number of carboxylic acids is 1. The van der Waals surface area contributed by atoms with Crippen molar-refractivity contribution in [1.82, 2.24) is 25.2 Å². The predicted molar refractivity (Wildman–Crippen MR) is 74.5 cm³/mol. The Balaban J connectivity index is 1.76. The van der Waals surface area contributed by atoms with Crippen molar-refractivity contribution in [3.8, 4) is 0 Å². The van der Waals surface area contributed by atoms with Crippen LogP contribution in [0.15, 0.2) is 6.20 Å². The summed E-state index contributed by atoms with van der Waals surface area (Å²) in [6.07, 6.45) is 4.80. The molecule has 1 aromatic heterocycles. The number of likely N-dealkylation sites (tertiary alicyclic amines) is 1. The lowest BCUT2D eigenvalue weighted by molar-refractivity contribution is -0.137. The fraction of sp³-hybridized carbons (Fsp3) is 0.692. The Morgan fingerprint density at radius 2 is 2.14 bits per heavy atom. The first kappa shape index (κ1) is 15.3. The number of nitrogens with one attached hydrogen (secondary N) is 1. The van der Waals surface area contributed by atoms with E-state index in [1.807, 2.05) is 4.90 Å². The molecule has 0 unspecified atom stereocenters. The largest absolute Gasteiger partial charge is 0.480 e. The van der Waals surface area contributed by atoms with E-state index in [2.05, 4.69) is 22.6 Å². The van der Waals surface area contributed by atoms with Crippen LogP contribution in [0.2, 0.25) is 0 Å². The van der Waals surface area contributed by atoms with Gasteiger partial charge in [-0.05, 0) is 18.8 Å². The summed E-state index contributed by atoms with van der Waals surface area (Å²) in [5.74, 6) is -0.251. The van der Waals surface area contributed by atoms with Crippen molar-refractivity contribution in [3.63, 3.8) is 0 Å². The Kier molecular flexibility index (Phi) is 5.13. The van der Waals surface area contributed by atoms with Gasteiger partial charge in [0, 0.05) is 13.1 Å². The van der Waals surface area contributed by atoms with Crippen molar-refractivity contribution in [2.45, 2.75) is 39.3 Å². The second-order valence-electron chi connectivity index (χ2n) is 5.30. The fourth-order valence-electron chi connectivity index (χ4n) is 2.46. The van der Waals surface area contributed by atoms with Gasteiger partial charge in [0.25, 0.3) is 0 Å². The van der Waals surface area contributed by atoms with E-state index >= 15 is 0 Å². The van der Waals surface area contributed by atoms with Crippen LogP contribution in [0, 0.1) is 5.92 Å². The van der Waals surface area contributed by atoms with Gasteiger partial charge in [-0.25, -0.2) is 9.48 Å². The summed E-state index contributed by atoms with van der Waals surface area (Å²) in [5.41, 5.74) is 0.549. The Hall–Kier alpha value is -2.12. The van der Waals surface area contributed by atoms with Crippen LogP contribution in [0.5, 0.6) is 0 Å². The van der Waals surface area contributed by atoms with Gasteiger partial charge in [0.05, 0.1) is 12.7 Å². The number of hydrogen-bond donors (Lipinski definition) is 2. The molecular formula is C13H21N5O3. The first-order chi connectivity index (χ1) is 10.1. The minimum Gasteiger partial charge on any atom is -0.480 e. The highest BCUT2D eigenvalue weighted by Gasteiger charge is 2.21. The lowest BCUT2D eigenvalue weighted by Crippen LogP contribution is -2.44. The summed E-state index contributed by atoms with van der Waals surface area (Å²) in [7, 11) is 0. The average molecular weight is 295 g/mol. The van der Waals surface area contributed by atoms with Gasteiger partial charge in [-0.2, -0.15) is 0 Å². The van der Waals surface area contributed by atoms with E-state index in [0.29, 0.717) is 5.69 Å². The van der Waals surface area contributed by atoms with Crippen molar-refractivity contribution < 1.29 is 14.7 Å². The van der Waals surface area contributed by atoms with E-state index in [9.17, 15) is 9.59 Å². The Labute approximate surface area is 123 Å². The number of nitrogens with zero attached hydrogens (tertiary/aromatic N) is 4. The first-order valence-electron chi connectivity index (χ1n) is 7.22. The topological polar surface area (TPSA) is 100 Å². The molecule has 21 heavy (non-hydrogen) atoms. The van der Waals surface area contributed by atoms with Gasteiger partial charge in [0.2, 0.25) is 0 Å². The second kappa shape index (κ2) is 7.05. The normalized spacial score (nSPS) is 16.0. The third kappa shape index (κ3) is 4.44. The maximum Gasteiger partial charge on any atom is 0.325 e. The number of urea groups is 1. The van der Waals surface area contributed by atoms with Crippen molar-refractivity contribution in [1.29, 1.82) is 0 Å². The summed E-state index contributed by atoms with van der Waals surface area (Å²) in [5, 5.41) is 18.9. The van der Waals surface area contributed by atoms with E-state index in [1.165, 1.54) is 17.3 Å². The third-order valence-corrected chi connectivity index (χ3v) is 3.78. The smallest absolute Gasteiger partial charge is 0.325 e. The molecule has 0 aliphatic carbocycles. The van der Waals surface area contributed by atoms with Crippen molar-refractivity contribution in [2.75, 3.05) is 13.1 Å². The van der Waals surface area contributed by atoms with Crippen molar-refractivity contribution in [2.24, 2.45) is 5.92 Å². The molecule has 1 aromatic rings. The number of carbonyl (C=O) groups excluding carboxylic acids is 1. The number of carboxylic acid groups (broad SMARTS) is 1. The molecule has 2 heterocycles. The van der Waals surface area contributed by atoms with Crippen LogP contribution < -0.4 is 5.32 Å². The van der Waals surface area contributed by atoms with E-state index in [-0.39, 0.29) is 19.1 Å². The maximum absolute atomic E-state index is 12.0. The van der Waals surface area contributed by atoms with Crippen LogP contribution in [-0.4, -0.2) is 50.1 Å². The summed E-state index contributed by atoms with van der Waals surface area (Å²) >= 11 is 0. The first-order valence-corrected chi connectivity index (χ1v) is 7.22. The molecule has 1 aliphatic heterocycles. The Morgan fingerprint density at radius 1 is 1.43 bits per heavy atom. The number of hydrogen-bond acceptors (Lipinski definition) is 4. The SMILES string of the molecule is CCC1CCN(C(=O)NCc2cn(CC(=O)O)nn2)CC1. The zero-order valence-electron chi connectivity index (χ0n) is 12.2. The number of carbonyl (C=O) groups is 2. The van der Waals surface area contributed by atoms with Crippen LogP contribution in [0.3, 0.4) is 0 Å². The van der Waals surface area contributed by atoms with Gasteiger partial charge in [0.1, 0.15) is 12.2 Å². The standard InChI is InChI=1S/C13H21N5O3/c1-2-10-3-5-17(6-4-10)13(21)14-7-11-8-18(16-15-11)9-12(19)20/h8,10H,2-7,9H2,1H3,(H,14,21)(H,19,20). The van der Waals surface area contributed by atoms with E-state index in [4.69, 9.17) is 5.11 Å². The van der Waals surface area contributed by atoms with E-state index in [0.717, 1.165) is 31.8 Å². The lowest BCUT2D eigenvalue weighted by atomic mass is 9.95. The van der Waals surface area contributed by atoms with Crippen molar-refractivity contribution >= 4 is 12.0 Å². The molecule has 1 saturated heterocycles. The van der Waals surface area contributed by atoms with E-state index in [1.54, 1.807) is 0 Å². The molecule has 0 radical (unpaired) electrons. The molecule has 8 nitrogen and oxygen atoms in total. The zero-order valence-corrected chi connectivity index (χ0v) is 12.2. The highest BCUT2D eigenvalue weighted by molar-refractivity contribution is 5.74.